The highest BCUT2D eigenvalue weighted by molar-refractivity contribution is 5.92. The van der Waals surface area contributed by atoms with Gasteiger partial charge in [-0.2, -0.15) is 5.10 Å². The van der Waals surface area contributed by atoms with Crippen LogP contribution in [0, 0.1) is 0 Å². The molecule has 0 unspecified atom stereocenters. The van der Waals surface area contributed by atoms with Gasteiger partial charge in [-0.25, -0.2) is 0 Å². The molecule has 1 aromatic rings. The first-order valence-corrected chi connectivity index (χ1v) is 6.33. The molecule has 17 heavy (non-hydrogen) atoms. The lowest BCUT2D eigenvalue weighted by molar-refractivity contribution is 0.0933. The summed E-state index contributed by atoms with van der Waals surface area (Å²) in [5.41, 5.74) is 1.50. The lowest BCUT2D eigenvalue weighted by atomic mass is 9.92. The summed E-state index contributed by atoms with van der Waals surface area (Å²) in [4.78, 5) is 11.9. The van der Waals surface area contributed by atoms with E-state index in [1.165, 1.54) is 12.8 Å². The summed E-state index contributed by atoms with van der Waals surface area (Å²) in [6, 6.07) is 2.20. The molecule has 0 atom stereocenters. The van der Waals surface area contributed by atoms with Gasteiger partial charge in [0.15, 0.2) is 0 Å². The predicted octanol–water partition coefficient (Wildman–Crippen LogP) is 2.38. The van der Waals surface area contributed by atoms with Crippen molar-refractivity contribution in [3.8, 4) is 0 Å². The summed E-state index contributed by atoms with van der Waals surface area (Å²) in [5, 5.41) is 10.1. The van der Waals surface area contributed by atoms with E-state index < -0.39 is 0 Å². The topological polar surface area (TPSA) is 57.8 Å². The van der Waals surface area contributed by atoms with Crippen LogP contribution in [0.2, 0.25) is 0 Å². The van der Waals surface area contributed by atoms with Crippen molar-refractivity contribution >= 4 is 5.91 Å². The Morgan fingerprint density at radius 1 is 1.41 bits per heavy atom. The zero-order valence-corrected chi connectivity index (χ0v) is 10.8. The molecule has 1 aromatic heterocycles. The molecular weight excluding hydrogens is 214 g/mol. The van der Waals surface area contributed by atoms with Gasteiger partial charge in [0.2, 0.25) is 0 Å². The Morgan fingerprint density at radius 3 is 2.59 bits per heavy atom. The molecule has 94 valence electrons. The fraction of sp³-hybridized carbons (Fsp3) is 0.692. The maximum atomic E-state index is 11.9. The first-order valence-electron chi connectivity index (χ1n) is 6.33. The first-order chi connectivity index (χ1) is 7.97. The van der Waals surface area contributed by atoms with Gasteiger partial charge in [0.1, 0.15) is 5.69 Å². The number of hydrogen-bond acceptors (Lipinski definition) is 2. The van der Waals surface area contributed by atoms with Crippen LogP contribution in [0.25, 0.3) is 0 Å². The fourth-order valence-electron chi connectivity index (χ4n) is 2.15. The van der Waals surface area contributed by atoms with Crippen molar-refractivity contribution in [1.29, 1.82) is 0 Å². The second-order valence-corrected chi connectivity index (χ2v) is 5.87. The Labute approximate surface area is 102 Å². The summed E-state index contributed by atoms with van der Waals surface area (Å²) in [6.45, 7) is 6.29. The minimum absolute atomic E-state index is 0.00110. The maximum Gasteiger partial charge on any atom is 0.271 e. The molecule has 1 fully saturated rings. The van der Waals surface area contributed by atoms with Gasteiger partial charge in [0.05, 0.1) is 0 Å². The van der Waals surface area contributed by atoms with Crippen molar-refractivity contribution < 1.29 is 4.79 Å². The molecule has 4 nitrogen and oxygen atoms in total. The highest BCUT2D eigenvalue weighted by atomic mass is 16.2. The predicted molar refractivity (Wildman–Crippen MR) is 67.0 cm³/mol. The minimum atomic E-state index is -0.0522. The Kier molecular flexibility index (Phi) is 3.22. The summed E-state index contributed by atoms with van der Waals surface area (Å²) in [7, 11) is 0. The summed E-state index contributed by atoms with van der Waals surface area (Å²) in [6.07, 6.45) is 4.64. The summed E-state index contributed by atoms with van der Waals surface area (Å²) in [5.74, 6) is -0.0522. The van der Waals surface area contributed by atoms with Gasteiger partial charge in [-0.3, -0.25) is 9.89 Å². The fourth-order valence-corrected chi connectivity index (χ4v) is 2.15. The van der Waals surface area contributed by atoms with E-state index in [0.29, 0.717) is 11.7 Å². The molecule has 0 spiro atoms. The van der Waals surface area contributed by atoms with Crippen LogP contribution in [-0.2, 0) is 5.41 Å². The van der Waals surface area contributed by atoms with Crippen molar-refractivity contribution in [3.63, 3.8) is 0 Å². The van der Waals surface area contributed by atoms with Crippen molar-refractivity contribution in [2.45, 2.75) is 57.9 Å². The third-order valence-electron chi connectivity index (χ3n) is 3.31. The quantitative estimate of drug-likeness (QED) is 0.827. The van der Waals surface area contributed by atoms with Gasteiger partial charge >= 0.3 is 0 Å². The van der Waals surface area contributed by atoms with Crippen LogP contribution in [0.1, 0.15) is 62.6 Å². The van der Waals surface area contributed by atoms with Gasteiger partial charge in [-0.1, -0.05) is 33.6 Å². The standard InChI is InChI=1S/C13H21N3O/c1-13(2,3)11-8-10(15-16-11)12(17)14-9-6-4-5-7-9/h8-9H,4-7H2,1-3H3,(H,14,17)(H,15,16). The number of carbonyl (C=O) groups is 1. The lowest BCUT2D eigenvalue weighted by Crippen LogP contribution is -2.32. The average Bonchev–Trinajstić information content (AvgIpc) is 2.85. The van der Waals surface area contributed by atoms with E-state index in [2.05, 4.69) is 36.3 Å². The van der Waals surface area contributed by atoms with E-state index in [1.54, 1.807) is 0 Å². The van der Waals surface area contributed by atoms with E-state index >= 15 is 0 Å². The van der Waals surface area contributed by atoms with Gasteiger partial charge in [-0.15, -0.1) is 0 Å². The molecule has 2 rings (SSSR count). The average molecular weight is 235 g/mol. The highest BCUT2D eigenvalue weighted by Gasteiger charge is 2.22. The van der Waals surface area contributed by atoms with Crippen LogP contribution in [0.3, 0.4) is 0 Å². The Morgan fingerprint density at radius 2 is 2.06 bits per heavy atom. The van der Waals surface area contributed by atoms with Crippen LogP contribution in [0.5, 0.6) is 0 Å². The monoisotopic (exact) mass is 235 g/mol. The van der Waals surface area contributed by atoms with Crippen molar-refractivity contribution in [2.24, 2.45) is 0 Å². The number of H-pyrrole nitrogens is 1. The zero-order valence-electron chi connectivity index (χ0n) is 10.8. The minimum Gasteiger partial charge on any atom is -0.348 e. The third kappa shape index (κ3) is 2.87. The molecule has 1 aliphatic carbocycles. The van der Waals surface area contributed by atoms with E-state index in [9.17, 15) is 4.79 Å². The summed E-state index contributed by atoms with van der Waals surface area (Å²) >= 11 is 0. The number of hydrogen-bond donors (Lipinski definition) is 2. The van der Waals surface area contributed by atoms with E-state index in [-0.39, 0.29) is 11.3 Å². The molecule has 1 amide bonds. The van der Waals surface area contributed by atoms with Crippen LogP contribution in [-0.4, -0.2) is 22.1 Å². The molecule has 0 aliphatic heterocycles. The molecule has 0 aromatic carbocycles. The normalized spacial score (nSPS) is 17.4. The highest BCUT2D eigenvalue weighted by Crippen LogP contribution is 2.21. The van der Waals surface area contributed by atoms with E-state index in [0.717, 1.165) is 18.5 Å². The van der Waals surface area contributed by atoms with Crippen molar-refractivity contribution in [3.05, 3.63) is 17.5 Å². The van der Waals surface area contributed by atoms with Crippen molar-refractivity contribution in [2.75, 3.05) is 0 Å². The molecule has 0 bridgehead atoms. The Bertz CT molecular complexity index is 397. The first kappa shape index (κ1) is 12.1. The molecule has 0 radical (unpaired) electrons. The molecule has 1 saturated carbocycles. The number of nitrogens with zero attached hydrogens (tertiary/aromatic N) is 1. The molecule has 0 saturated heterocycles. The van der Waals surface area contributed by atoms with Gasteiger partial charge < -0.3 is 5.32 Å². The maximum absolute atomic E-state index is 11.9. The SMILES string of the molecule is CC(C)(C)c1cc(C(=O)NC2CCCC2)n[nH]1. The van der Waals surface area contributed by atoms with E-state index in [4.69, 9.17) is 0 Å². The van der Waals surface area contributed by atoms with Crippen LogP contribution in [0.15, 0.2) is 6.07 Å². The zero-order chi connectivity index (χ0) is 12.5. The molecule has 1 aliphatic rings. The molecular formula is C13H21N3O. The molecule has 4 heteroatoms. The Balaban J connectivity index is 2.01. The van der Waals surface area contributed by atoms with Crippen LogP contribution >= 0.6 is 0 Å². The number of aromatic amines is 1. The number of aromatic nitrogens is 2. The van der Waals surface area contributed by atoms with Crippen LogP contribution < -0.4 is 5.32 Å². The molecule has 2 N–H and O–H groups in total. The lowest BCUT2D eigenvalue weighted by Gasteiger charge is -2.14. The van der Waals surface area contributed by atoms with Crippen LogP contribution in [0.4, 0.5) is 0 Å². The third-order valence-corrected chi connectivity index (χ3v) is 3.31. The number of amides is 1. The second kappa shape index (κ2) is 4.51. The summed E-state index contributed by atoms with van der Waals surface area (Å²) < 4.78 is 0. The largest absolute Gasteiger partial charge is 0.348 e. The molecule has 1 heterocycles. The Hall–Kier alpha value is -1.32. The number of carbonyl (C=O) groups excluding carboxylic acids is 1. The van der Waals surface area contributed by atoms with Gasteiger partial charge in [0.25, 0.3) is 5.91 Å². The van der Waals surface area contributed by atoms with Gasteiger partial charge in [0, 0.05) is 17.2 Å². The van der Waals surface area contributed by atoms with Crippen molar-refractivity contribution in [1.82, 2.24) is 15.5 Å². The van der Waals surface area contributed by atoms with Gasteiger partial charge in [-0.05, 0) is 18.9 Å². The smallest absolute Gasteiger partial charge is 0.271 e. The second-order valence-electron chi connectivity index (χ2n) is 5.87. The van der Waals surface area contributed by atoms with E-state index in [1.807, 2.05) is 6.07 Å². The number of rotatable bonds is 2. The number of nitrogens with one attached hydrogen (secondary N) is 2.